The lowest BCUT2D eigenvalue weighted by Crippen LogP contribution is -2.18. The van der Waals surface area contributed by atoms with Crippen LogP contribution in [0.5, 0.6) is 0 Å². The second kappa shape index (κ2) is 3.45. The van der Waals surface area contributed by atoms with Crippen molar-refractivity contribution in [2.45, 2.75) is 37.5 Å². The van der Waals surface area contributed by atoms with Crippen LogP contribution in [0, 0.1) is 5.41 Å². The van der Waals surface area contributed by atoms with Gasteiger partial charge in [-0.25, -0.2) is 4.98 Å². The molecule has 1 aromatic carbocycles. The van der Waals surface area contributed by atoms with Crippen molar-refractivity contribution in [1.82, 2.24) is 4.98 Å². The van der Waals surface area contributed by atoms with Crippen molar-refractivity contribution in [1.29, 1.82) is 0 Å². The highest BCUT2D eigenvalue weighted by Crippen LogP contribution is 2.63. The quantitative estimate of drug-likeness (QED) is 0.710. The van der Waals surface area contributed by atoms with E-state index in [4.69, 9.17) is 4.98 Å². The summed E-state index contributed by atoms with van der Waals surface area (Å²) in [5.74, 6) is 0. The summed E-state index contributed by atoms with van der Waals surface area (Å²) in [5.41, 5.74) is 1.98. The summed E-state index contributed by atoms with van der Waals surface area (Å²) in [4.78, 5) is 4.91. The van der Waals surface area contributed by atoms with E-state index < -0.39 is 0 Å². The van der Waals surface area contributed by atoms with Crippen LogP contribution in [0.2, 0.25) is 0 Å². The molecule has 0 radical (unpaired) electrons. The monoisotopic (exact) mass is 255 g/mol. The fourth-order valence-electron chi connectivity index (χ4n) is 3.92. The van der Waals surface area contributed by atoms with Gasteiger partial charge in [-0.3, -0.25) is 0 Å². The third kappa shape index (κ3) is 1.30. The number of para-hydroxylation sites is 1. The van der Waals surface area contributed by atoms with E-state index in [1.807, 2.05) is 11.3 Å². The van der Waals surface area contributed by atoms with E-state index in [0.29, 0.717) is 10.8 Å². The smallest absolute Gasteiger partial charge is 0.100 e. The van der Waals surface area contributed by atoms with Crippen LogP contribution in [-0.2, 0) is 5.41 Å². The maximum absolute atomic E-state index is 4.91. The second-order valence-corrected chi connectivity index (χ2v) is 7.04. The van der Waals surface area contributed by atoms with Gasteiger partial charge >= 0.3 is 0 Å². The summed E-state index contributed by atoms with van der Waals surface area (Å²) in [6.07, 6.45) is 8.73. The Morgan fingerprint density at radius 2 is 1.94 bits per heavy atom. The summed E-state index contributed by atoms with van der Waals surface area (Å²) in [5, 5.41) is 1.38. The lowest BCUT2D eigenvalue weighted by Gasteiger charge is -2.24. The number of benzene rings is 1. The molecule has 2 saturated carbocycles. The van der Waals surface area contributed by atoms with E-state index in [-0.39, 0.29) is 0 Å². The molecule has 2 heteroatoms. The number of aromatic nitrogens is 1. The van der Waals surface area contributed by atoms with Gasteiger partial charge in [0.1, 0.15) is 5.01 Å². The average Bonchev–Trinajstić information content (AvgIpc) is 3.10. The van der Waals surface area contributed by atoms with Gasteiger partial charge in [0.25, 0.3) is 0 Å². The molecule has 1 aromatic heterocycles. The highest BCUT2D eigenvalue weighted by molar-refractivity contribution is 7.18. The van der Waals surface area contributed by atoms with E-state index in [2.05, 4.69) is 36.9 Å². The minimum atomic E-state index is 0.373. The van der Waals surface area contributed by atoms with Crippen molar-refractivity contribution in [3.8, 4) is 0 Å². The second-order valence-electron chi connectivity index (χ2n) is 6.01. The topological polar surface area (TPSA) is 12.9 Å². The predicted octanol–water partition coefficient (Wildman–Crippen LogP) is 4.68. The molecule has 0 spiro atoms. The van der Waals surface area contributed by atoms with Gasteiger partial charge in [0.15, 0.2) is 0 Å². The number of thiazole rings is 1. The summed E-state index contributed by atoms with van der Waals surface area (Å²) < 4.78 is 1.34. The lowest BCUT2D eigenvalue weighted by atomic mass is 9.82. The molecule has 0 amide bonds. The SMILES string of the molecule is C=CC12CCC(c3nc4ccccc4s3)(CC1)C2. The molecule has 2 aliphatic rings. The maximum atomic E-state index is 4.91. The number of rotatable bonds is 2. The van der Waals surface area contributed by atoms with Crippen LogP contribution in [-0.4, -0.2) is 4.98 Å². The van der Waals surface area contributed by atoms with Crippen molar-refractivity contribution in [2.24, 2.45) is 5.41 Å². The molecule has 0 aliphatic heterocycles. The van der Waals surface area contributed by atoms with E-state index in [0.717, 1.165) is 0 Å². The summed E-state index contributed by atoms with van der Waals surface area (Å²) in [7, 11) is 0. The van der Waals surface area contributed by atoms with Gasteiger partial charge < -0.3 is 0 Å². The number of hydrogen-bond donors (Lipinski definition) is 0. The van der Waals surface area contributed by atoms with Gasteiger partial charge in [0.2, 0.25) is 0 Å². The van der Waals surface area contributed by atoms with Crippen molar-refractivity contribution in [3.63, 3.8) is 0 Å². The van der Waals surface area contributed by atoms with E-state index in [9.17, 15) is 0 Å². The Balaban J connectivity index is 1.82. The lowest BCUT2D eigenvalue weighted by molar-refractivity contribution is 0.371. The minimum Gasteiger partial charge on any atom is -0.241 e. The fraction of sp³-hybridized carbons (Fsp3) is 0.438. The van der Waals surface area contributed by atoms with Gasteiger partial charge in [-0.2, -0.15) is 0 Å². The predicted molar refractivity (Wildman–Crippen MR) is 77.0 cm³/mol. The zero-order valence-corrected chi connectivity index (χ0v) is 11.3. The fourth-order valence-corrected chi connectivity index (χ4v) is 5.13. The van der Waals surface area contributed by atoms with E-state index >= 15 is 0 Å². The van der Waals surface area contributed by atoms with Crippen LogP contribution in [0.3, 0.4) is 0 Å². The highest BCUT2D eigenvalue weighted by atomic mass is 32.1. The largest absolute Gasteiger partial charge is 0.241 e. The first kappa shape index (κ1) is 10.7. The molecule has 0 atom stereocenters. The van der Waals surface area contributed by atoms with E-state index in [1.165, 1.54) is 47.3 Å². The Hall–Kier alpha value is -1.15. The number of hydrogen-bond acceptors (Lipinski definition) is 2. The minimum absolute atomic E-state index is 0.373. The van der Waals surface area contributed by atoms with Gasteiger partial charge in [0, 0.05) is 5.41 Å². The molecular weight excluding hydrogens is 238 g/mol. The first-order chi connectivity index (χ1) is 8.75. The van der Waals surface area contributed by atoms with Crippen molar-refractivity contribution >= 4 is 21.6 Å². The molecule has 1 heterocycles. The molecule has 0 saturated heterocycles. The van der Waals surface area contributed by atoms with Crippen LogP contribution >= 0.6 is 11.3 Å². The zero-order valence-electron chi connectivity index (χ0n) is 10.5. The van der Waals surface area contributed by atoms with Gasteiger partial charge in [0.05, 0.1) is 10.2 Å². The van der Waals surface area contributed by atoms with Crippen LogP contribution in [0.25, 0.3) is 10.2 Å². The Morgan fingerprint density at radius 1 is 1.17 bits per heavy atom. The van der Waals surface area contributed by atoms with E-state index in [1.54, 1.807) is 0 Å². The molecule has 2 bridgehead atoms. The van der Waals surface area contributed by atoms with Crippen LogP contribution in [0.1, 0.15) is 37.1 Å². The molecule has 2 aliphatic carbocycles. The number of allylic oxidation sites excluding steroid dienone is 1. The highest BCUT2D eigenvalue weighted by Gasteiger charge is 2.54. The first-order valence-electron chi connectivity index (χ1n) is 6.75. The van der Waals surface area contributed by atoms with Crippen LogP contribution < -0.4 is 0 Å². The number of nitrogens with zero attached hydrogens (tertiary/aromatic N) is 1. The molecule has 2 aromatic rings. The zero-order chi connectivity index (χ0) is 12.2. The molecule has 0 N–H and O–H groups in total. The molecule has 2 fully saturated rings. The molecule has 18 heavy (non-hydrogen) atoms. The third-order valence-electron chi connectivity index (χ3n) is 5.07. The van der Waals surface area contributed by atoms with Crippen molar-refractivity contribution in [3.05, 3.63) is 41.9 Å². The Kier molecular flexibility index (Phi) is 2.06. The summed E-state index contributed by atoms with van der Waals surface area (Å²) in [6.45, 7) is 4.06. The molecule has 0 unspecified atom stereocenters. The average molecular weight is 255 g/mol. The summed E-state index contributed by atoms with van der Waals surface area (Å²) >= 11 is 1.91. The number of fused-ring (bicyclic) bond motifs is 3. The molecular formula is C16H17NS. The normalized spacial score (nSPS) is 34.2. The van der Waals surface area contributed by atoms with Crippen LogP contribution in [0.4, 0.5) is 0 Å². The molecule has 4 rings (SSSR count). The summed E-state index contributed by atoms with van der Waals surface area (Å²) in [6, 6.07) is 8.52. The Labute approximate surface area is 112 Å². The van der Waals surface area contributed by atoms with Crippen molar-refractivity contribution in [2.75, 3.05) is 0 Å². The standard InChI is InChI=1S/C16H17NS/c1-2-15-7-9-16(11-15,10-8-15)14-17-12-5-3-4-6-13(12)18-14/h2-6H,1,7-11H2. The van der Waals surface area contributed by atoms with Gasteiger partial charge in [-0.05, 0) is 49.7 Å². The van der Waals surface area contributed by atoms with Crippen molar-refractivity contribution < 1.29 is 0 Å². The molecule has 1 nitrogen and oxygen atoms in total. The molecule has 92 valence electrons. The van der Waals surface area contributed by atoms with Gasteiger partial charge in [-0.1, -0.05) is 18.2 Å². The Bertz CT molecular complexity index is 584. The van der Waals surface area contributed by atoms with Crippen LogP contribution in [0.15, 0.2) is 36.9 Å². The van der Waals surface area contributed by atoms with Gasteiger partial charge in [-0.15, -0.1) is 17.9 Å². The maximum Gasteiger partial charge on any atom is 0.100 e. The third-order valence-corrected chi connectivity index (χ3v) is 6.36. The Morgan fingerprint density at radius 3 is 2.61 bits per heavy atom. The first-order valence-corrected chi connectivity index (χ1v) is 7.57.